The molecule has 0 atom stereocenters. The van der Waals surface area contributed by atoms with Gasteiger partial charge in [-0.3, -0.25) is 0 Å². The topological polar surface area (TPSA) is 30.7 Å². The van der Waals surface area contributed by atoms with E-state index < -0.39 is 0 Å². The predicted molar refractivity (Wildman–Crippen MR) is 57.7 cm³/mol. The Balaban J connectivity index is 2.28. The van der Waals surface area contributed by atoms with Crippen molar-refractivity contribution in [1.82, 2.24) is 14.8 Å². The number of benzene rings is 1. The predicted octanol–water partition coefficient (Wildman–Crippen LogP) is 2.22. The van der Waals surface area contributed by atoms with Crippen LogP contribution in [0, 0.1) is 6.07 Å². The van der Waals surface area contributed by atoms with Gasteiger partial charge in [0.15, 0.2) is 5.82 Å². The van der Waals surface area contributed by atoms with Crippen molar-refractivity contribution in [3.8, 4) is 5.82 Å². The van der Waals surface area contributed by atoms with Gasteiger partial charge in [-0.25, -0.2) is 9.67 Å². The first-order valence-corrected chi connectivity index (χ1v) is 4.70. The molecule has 0 saturated heterocycles. The molecule has 0 N–H and O–H groups in total. The highest BCUT2D eigenvalue weighted by molar-refractivity contribution is 5.79. The molecule has 71 valence electrons. The van der Waals surface area contributed by atoms with E-state index in [1.165, 1.54) is 0 Å². The molecule has 0 unspecified atom stereocenters. The standard InChI is InChI=1S/C12H8N3/c1-2-6-11-10(5-1)9-14-15(11)12-7-3-4-8-13-12/h2-9H. The summed E-state index contributed by atoms with van der Waals surface area (Å²) in [5.74, 6) is 0.832. The second-order valence-electron chi connectivity index (χ2n) is 3.23. The van der Waals surface area contributed by atoms with Gasteiger partial charge in [0.05, 0.1) is 11.7 Å². The molecule has 3 heteroatoms. The number of hydrogen-bond donors (Lipinski definition) is 0. The molecule has 0 fully saturated rings. The van der Waals surface area contributed by atoms with Gasteiger partial charge in [-0.15, -0.1) is 0 Å². The van der Waals surface area contributed by atoms with Crippen molar-refractivity contribution in [2.75, 3.05) is 0 Å². The molecule has 2 heterocycles. The Bertz CT molecular complexity index is 584. The molecule has 0 aliphatic rings. The van der Waals surface area contributed by atoms with Gasteiger partial charge in [0, 0.05) is 11.6 Å². The lowest BCUT2D eigenvalue weighted by molar-refractivity contribution is 0.875. The first-order valence-electron chi connectivity index (χ1n) is 4.70. The highest BCUT2D eigenvalue weighted by Crippen LogP contribution is 2.15. The summed E-state index contributed by atoms with van der Waals surface area (Å²) in [7, 11) is 0. The zero-order chi connectivity index (χ0) is 10.1. The summed E-state index contributed by atoms with van der Waals surface area (Å²) in [4.78, 5) is 4.26. The van der Waals surface area contributed by atoms with Crippen LogP contribution in [0.15, 0.2) is 48.8 Å². The van der Waals surface area contributed by atoms with E-state index in [-0.39, 0.29) is 0 Å². The summed E-state index contributed by atoms with van der Waals surface area (Å²) >= 11 is 0. The largest absolute Gasteiger partial charge is 0.237 e. The second-order valence-corrected chi connectivity index (χ2v) is 3.23. The minimum atomic E-state index is 0.832. The Hall–Kier alpha value is -2.16. The minimum Gasteiger partial charge on any atom is -0.237 e. The van der Waals surface area contributed by atoms with Crippen molar-refractivity contribution in [1.29, 1.82) is 0 Å². The van der Waals surface area contributed by atoms with Crippen LogP contribution in [0.4, 0.5) is 0 Å². The van der Waals surface area contributed by atoms with E-state index in [2.05, 4.69) is 16.1 Å². The zero-order valence-electron chi connectivity index (χ0n) is 7.96. The van der Waals surface area contributed by atoms with Crippen molar-refractivity contribution in [2.24, 2.45) is 0 Å². The van der Waals surface area contributed by atoms with E-state index in [0.29, 0.717) is 0 Å². The Morgan fingerprint density at radius 2 is 2.20 bits per heavy atom. The number of aromatic nitrogens is 3. The van der Waals surface area contributed by atoms with Crippen LogP contribution in [0.3, 0.4) is 0 Å². The lowest BCUT2D eigenvalue weighted by Gasteiger charge is -2.00. The smallest absolute Gasteiger partial charge is 0.153 e. The number of pyridine rings is 1. The number of fused-ring (bicyclic) bond motifs is 1. The van der Waals surface area contributed by atoms with Crippen molar-refractivity contribution < 1.29 is 0 Å². The Kier molecular flexibility index (Phi) is 1.75. The van der Waals surface area contributed by atoms with Gasteiger partial charge in [0.2, 0.25) is 0 Å². The molecule has 0 aliphatic carbocycles. The van der Waals surface area contributed by atoms with Crippen LogP contribution in [0.1, 0.15) is 0 Å². The van der Waals surface area contributed by atoms with Gasteiger partial charge in [-0.1, -0.05) is 12.1 Å². The van der Waals surface area contributed by atoms with Crippen LogP contribution >= 0.6 is 0 Å². The quantitative estimate of drug-likeness (QED) is 0.594. The SMILES string of the molecule is [c]1ccc2c(c1)cnn2-c1ccccn1. The third-order valence-corrected chi connectivity index (χ3v) is 2.28. The van der Waals surface area contributed by atoms with Gasteiger partial charge in [0.1, 0.15) is 0 Å². The van der Waals surface area contributed by atoms with Gasteiger partial charge < -0.3 is 0 Å². The Morgan fingerprint density at radius 3 is 3.07 bits per heavy atom. The summed E-state index contributed by atoms with van der Waals surface area (Å²) < 4.78 is 1.82. The average molecular weight is 194 g/mol. The molecule has 15 heavy (non-hydrogen) atoms. The summed E-state index contributed by atoms with van der Waals surface area (Å²) in [6.07, 6.45) is 3.58. The molecular formula is C12H8N3. The van der Waals surface area contributed by atoms with Crippen LogP contribution < -0.4 is 0 Å². The maximum Gasteiger partial charge on any atom is 0.153 e. The normalized spacial score (nSPS) is 10.7. The van der Waals surface area contributed by atoms with E-state index in [0.717, 1.165) is 16.7 Å². The lowest BCUT2D eigenvalue weighted by atomic mass is 10.2. The fourth-order valence-corrected chi connectivity index (χ4v) is 1.58. The molecule has 0 saturated carbocycles. The average Bonchev–Trinajstić information content (AvgIpc) is 2.74. The zero-order valence-corrected chi connectivity index (χ0v) is 7.96. The summed E-state index contributed by atoms with van der Waals surface area (Å²) in [6.45, 7) is 0. The molecule has 3 nitrogen and oxygen atoms in total. The third-order valence-electron chi connectivity index (χ3n) is 2.28. The fourth-order valence-electron chi connectivity index (χ4n) is 1.58. The number of hydrogen-bond acceptors (Lipinski definition) is 2. The molecule has 0 amide bonds. The highest BCUT2D eigenvalue weighted by Gasteiger charge is 2.03. The van der Waals surface area contributed by atoms with E-state index in [9.17, 15) is 0 Å². The van der Waals surface area contributed by atoms with Crippen LogP contribution in [-0.2, 0) is 0 Å². The minimum absolute atomic E-state index is 0.832. The van der Waals surface area contributed by atoms with E-state index in [4.69, 9.17) is 0 Å². The second kappa shape index (κ2) is 3.20. The van der Waals surface area contributed by atoms with Gasteiger partial charge >= 0.3 is 0 Å². The summed E-state index contributed by atoms with van der Waals surface area (Å²) in [5.41, 5.74) is 1.05. The third kappa shape index (κ3) is 1.29. The maximum absolute atomic E-state index is 4.30. The lowest BCUT2D eigenvalue weighted by Crippen LogP contribution is -1.97. The van der Waals surface area contributed by atoms with Crippen molar-refractivity contribution in [3.63, 3.8) is 0 Å². The van der Waals surface area contributed by atoms with Crippen LogP contribution in [0.2, 0.25) is 0 Å². The first kappa shape index (κ1) is 8.17. The Morgan fingerprint density at radius 1 is 1.20 bits per heavy atom. The molecule has 2 aromatic heterocycles. The van der Waals surface area contributed by atoms with Gasteiger partial charge in [-0.05, 0) is 30.3 Å². The molecular weight excluding hydrogens is 186 g/mol. The molecule has 0 spiro atoms. The van der Waals surface area contributed by atoms with Crippen molar-refractivity contribution >= 4 is 10.9 Å². The molecule has 0 bridgehead atoms. The molecule has 3 rings (SSSR count). The van der Waals surface area contributed by atoms with E-state index >= 15 is 0 Å². The molecule has 1 radical (unpaired) electrons. The summed E-state index contributed by atoms with van der Waals surface area (Å²) in [6, 6.07) is 14.6. The molecule has 0 aliphatic heterocycles. The highest BCUT2D eigenvalue weighted by atomic mass is 15.3. The van der Waals surface area contributed by atoms with E-state index in [1.807, 2.05) is 47.3 Å². The number of nitrogens with zero attached hydrogens (tertiary/aromatic N) is 3. The van der Waals surface area contributed by atoms with E-state index in [1.54, 1.807) is 6.20 Å². The van der Waals surface area contributed by atoms with Gasteiger partial charge in [-0.2, -0.15) is 5.10 Å². The number of rotatable bonds is 1. The molecule has 3 aromatic rings. The Labute approximate surface area is 87.0 Å². The monoisotopic (exact) mass is 194 g/mol. The summed E-state index contributed by atoms with van der Waals surface area (Å²) in [5, 5.41) is 5.37. The fraction of sp³-hybridized carbons (Fsp3) is 0. The van der Waals surface area contributed by atoms with Crippen LogP contribution in [-0.4, -0.2) is 14.8 Å². The van der Waals surface area contributed by atoms with Crippen molar-refractivity contribution in [3.05, 3.63) is 54.9 Å². The van der Waals surface area contributed by atoms with Crippen molar-refractivity contribution in [2.45, 2.75) is 0 Å². The van der Waals surface area contributed by atoms with Crippen LogP contribution in [0.25, 0.3) is 16.7 Å². The van der Waals surface area contributed by atoms with Gasteiger partial charge in [0.25, 0.3) is 0 Å². The first-order chi connectivity index (χ1) is 7.45. The molecule has 1 aromatic carbocycles. The maximum atomic E-state index is 4.30. The van der Waals surface area contributed by atoms with Crippen LogP contribution in [0.5, 0.6) is 0 Å².